The number of aromatic nitrogens is 2. The molecule has 0 saturated carbocycles. The molecule has 4 aromatic carbocycles. The molecule has 64 heavy (non-hydrogen) atoms. The van der Waals surface area contributed by atoms with Crippen molar-refractivity contribution in [3.05, 3.63) is 155 Å². The highest BCUT2D eigenvalue weighted by Crippen LogP contribution is 2.57. The van der Waals surface area contributed by atoms with Crippen molar-refractivity contribution in [1.29, 1.82) is 0 Å². The normalized spacial score (nSPS) is 13.8. The number of unbranched alkanes of at least 4 members (excludes halogenated alkanes) is 12. The Balaban J connectivity index is 1.20. The van der Waals surface area contributed by atoms with Gasteiger partial charge in [0.05, 0.1) is 0 Å². The van der Waals surface area contributed by atoms with Crippen LogP contribution in [0.15, 0.2) is 122 Å². The lowest BCUT2D eigenvalue weighted by Gasteiger charge is -2.33. The van der Waals surface area contributed by atoms with Gasteiger partial charge in [-0.15, -0.1) is 0 Å². The summed E-state index contributed by atoms with van der Waals surface area (Å²) < 4.78 is 0. The van der Waals surface area contributed by atoms with Crippen LogP contribution in [0.5, 0.6) is 0 Å². The van der Waals surface area contributed by atoms with Gasteiger partial charge in [0.2, 0.25) is 0 Å². The highest BCUT2D eigenvalue weighted by Gasteiger charge is 2.44. The van der Waals surface area contributed by atoms with E-state index in [2.05, 4.69) is 147 Å². The maximum Gasteiger partial charge on any atom is 0.0273 e. The largest absolute Gasteiger partial charge is 0.265 e. The third kappa shape index (κ3) is 9.57. The maximum atomic E-state index is 4.34. The highest BCUT2D eigenvalue weighted by atomic mass is 14.6. The number of nitrogens with zero attached hydrogens (tertiary/aromatic N) is 2. The molecule has 0 amide bonds. The van der Waals surface area contributed by atoms with E-state index < -0.39 is 0 Å². The molecule has 8 rings (SSSR count). The summed E-state index contributed by atoms with van der Waals surface area (Å²) in [6.07, 6.45) is 32.7. The number of pyridine rings is 2. The quantitative estimate of drug-likeness (QED) is 0.0502. The van der Waals surface area contributed by atoms with E-state index in [4.69, 9.17) is 0 Å². The van der Waals surface area contributed by atoms with E-state index in [1.807, 2.05) is 24.8 Å². The Labute approximate surface area is 386 Å². The molecule has 0 bridgehead atoms. The van der Waals surface area contributed by atoms with Gasteiger partial charge in [0.25, 0.3) is 0 Å². The van der Waals surface area contributed by atoms with Crippen LogP contribution in [-0.4, -0.2) is 9.97 Å². The van der Waals surface area contributed by atoms with Gasteiger partial charge in [-0.1, -0.05) is 179 Å². The molecular weight excluding hydrogens is 773 g/mol. The molecule has 0 radical (unpaired) electrons. The monoisotopic (exact) mass is 845 g/mol. The number of benzene rings is 4. The Morgan fingerprint density at radius 1 is 0.328 bits per heavy atom. The highest BCUT2D eigenvalue weighted by molar-refractivity contribution is 5.86. The molecule has 2 aliphatic rings. The molecule has 2 aliphatic carbocycles. The lowest BCUT2D eigenvalue weighted by molar-refractivity contribution is 0.401. The van der Waals surface area contributed by atoms with E-state index in [-0.39, 0.29) is 10.8 Å². The summed E-state index contributed by atoms with van der Waals surface area (Å²) in [4.78, 5) is 8.67. The summed E-state index contributed by atoms with van der Waals surface area (Å²) in [5, 5.41) is 0. The molecule has 0 N–H and O–H groups in total. The summed E-state index contributed by atoms with van der Waals surface area (Å²) in [7, 11) is 0. The Kier molecular flexibility index (Phi) is 15.3. The van der Waals surface area contributed by atoms with Crippen LogP contribution in [0.25, 0.3) is 44.5 Å². The van der Waals surface area contributed by atoms with Gasteiger partial charge < -0.3 is 0 Å². The fourth-order valence-electron chi connectivity index (χ4n) is 11.5. The van der Waals surface area contributed by atoms with Gasteiger partial charge in [-0.05, 0) is 153 Å². The van der Waals surface area contributed by atoms with Crippen LogP contribution in [0.3, 0.4) is 0 Å². The topological polar surface area (TPSA) is 25.8 Å². The van der Waals surface area contributed by atoms with Crippen molar-refractivity contribution in [2.45, 2.75) is 167 Å². The molecular formula is C62H72N2. The Morgan fingerprint density at radius 2 is 0.641 bits per heavy atom. The molecule has 330 valence electrons. The van der Waals surface area contributed by atoms with Gasteiger partial charge in [-0.2, -0.15) is 0 Å². The van der Waals surface area contributed by atoms with Crippen molar-refractivity contribution in [2.24, 2.45) is 0 Å². The standard InChI is InChI=1S/C62H72N2/c1-5-9-13-17-35-61(36-18-14-10-6-2)57-43-47(23-27-53(57)55-29-25-51(45-59(55)61)49-31-39-63-40-32-49)21-22-48-24-28-54-56-30-26-52(50-33-41-64-42-34-50)46-60(56)62(58(54)44-48,37-19-15-11-7-3)38-20-16-12-8-4/h23-34,39-46H,5-20,35-38H2,1-4H3. The fraction of sp³-hybridized carbons (Fsp3) is 0.419. The predicted molar refractivity (Wildman–Crippen MR) is 273 cm³/mol. The first-order valence-electron chi connectivity index (χ1n) is 25.5. The van der Waals surface area contributed by atoms with Crippen LogP contribution in [0.1, 0.15) is 189 Å². The summed E-state index contributed by atoms with van der Waals surface area (Å²) >= 11 is 0. The van der Waals surface area contributed by atoms with Crippen LogP contribution in [-0.2, 0) is 10.8 Å². The smallest absolute Gasteiger partial charge is 0.0273 e. The molecule has 0 atom stereocenters. The Morgan fingerprint density at radius 3 is 0.969 bits per heavy atom. The van der Waals surface area contributed by atoms with Crippen molar-refractivity contribution < 1.29 is 0 Å². The van der Waals surface area contributed by atoms with Gasteiger partial charge in [-0.3, -0.25) is 9.97 Å². The Hall–Kier alpha value is -5.26. The molecule has 0 unspecified atom stereocenters. The first-order chi connectivity index (χ1) is 31.5. The third-order valence-corrected chi connectivity index (χ3v) is 14.9. The van der Waals surface area contributed by atoms with Gasteiger partial charge in [0.15, 0.2) is 0 Å². The molecule has 0 aliphatic heterocycles. The van der Waals surface area contributed by atoms with E-state index in [1.54, 1.807) is 0 Å². The maximum absolute atomic E-state index is 4.34. The van der Waals surface area contributed by atoms with E-state index in [0.717, 1.165) is 11.1 Å². The second-order valence-corrected chi connectivity index (χ2v) is 19.2. The molecule has 6 aromatic rings. The minimum absolute atomic E-state index is 0.0174. The van der Waals surface area contributed by atoms with Crippen LogP contribution in [0.2, 0.25) is 0 Å². The number of rotatable bonds is 22. The van der Waals surface area contributed by atoms with Crippen molar-refractivity contribution in [2.75, 3.05) is 0 Å². The van der Waals surface area contributed by atoms with E-state index in [0.29, 0.717) is 0 Å². The van der Waals surface area contributed by atoms with Crippen LogP contribution in [0.4, 0.5) is 0 Å². The predicted octanol–water partition coefficient (Wildman–Crippen LogP) is 17.6. The van der Waals surface area contributed by atoms with Crippen molar-refractivity contribution in [3.63, 3.8) is 0 Å². The molecule has 2 aromatic heterocycles. The van der Waals surface area contributed by atoms with Crippen molar-refractivity contribution in [1.82, 2.24) is 9.97 Å². The first-order valence-corrected chi connectivity index (χ1v) is 25.5. The van der Waals surface area contributed by atoms with Gasteiger partial charge >= 0.3 is 0 Å². The van der Waals surface area contributed by atoms with Crippen LogP contribution in [0, 0.1) is 11.8 Å². The number of fused-ring (bicyclic) bond motifs is 6. The molecule has 2 heteroatoms. The molecule has 2 nitrogen and oxygen atoms in total. The molecule has 0 fully saturated rings. The lowest BCUT2D eigenvalue weighted by Crippen LogP contribution is -2.26. The summed E-state index contributed by atoms with van der Waals surface area (Å²) in [5.74, 6) is 7.55. The van der Waals surface area contributed by atoms with Gasteiger partial charge in [-0.25, -0.2) is 0 Å². The van der Waals surface area contributed by atoms with E-state index in [1.165, 1.54) is 195 Å². The zero-order valence-electron chi connectivity index (χ0n) is 39.6. The zero-order chi connectivity index (χ0) is 44.2. The number of hydrogen-bond acceptors (Lipinski definition) is 2. The number of hydrogen-bond donors (Lipinski definition) is 0. The summed E-state index contributed by atoms with van der Waals surface area (Å²) in [5.41, 5.74) is 19.0. The average molecular weight is 845 g/mol. The molecule has 0 spiro atoms. The first kappa shape index (κ1) is 45.3. The third-order valence-electron chi connectivity index (χ3n) is 14.9. The lowest BCUT2D eigenvalue weighted by atomic mass is 9.70. The zero-order valence-corrected chi connectivity index (χ0v) is 39.6. The minimum Gasteiger partial charge on any atom is -0.265 e. The molecule has 0 saturated heterocycles. The van der Waals surface area contributed by atoms with E-state index in [9.17, 15) is 0 Å². The second kappa shape index (κ2) is 21.6. The van der Waals surface area contributed by atoms with Crippen molar-refractivity contribution in [3.8, 4) is 56.3 Å². The van der Waals surface area contributed by atoms with Crippen LogP contribution >= 0.6 is 0 Å². The average Bonchev–Trinajstić information content (AvgIpc) is 3.76. The van der Waals surface area contributed by atoms with E-state index >= 15 is 0 Å². The Bertz CT molecular complexity index is 2320. The SMILES string of the molecule is CCCCCCC1(CCCCCC)c2cc(C#Cc3ccc4c(c3)C(CCCCCC)(CCCCCC)c3cc(-c5ccncc5)ccc3-4)ccc2-c2ccc(-c3ccncc3)cc21. The van der Waals surface area contributed by atoms with Crippen LogP contribution < -0.4 is 0 Å². The fourth-order valence-corrected chi connectivity index (χ4v) is 11.5. The molecule has 2 heterocycles. The van der Waals surface area contributed by atoms with Gasteiger partial charge in [0.1, 0.15) is 0 Å². The van der Waals surface area contributed by atoms with Crippen molar-refractivity contribution >= 4 is 0 Å². The minimum atomic E-state index is -0.0174. The summed E-state index contributed by atoms with van der Waals surface area (Å²) in [6.45, 7) is 9.31. The summed E-state index contributed by atoms with van der Waals surface area (Å²) in [6, 6.07) is 37.6. The van der Waals surface area contributed by atoms with Gasteiger partial charge in [0, 0.05) is 46.7 Å². The second-order valence-electron chi connectivity index (χ2n) is 19.2.